The molecule has 1 N–H and O–H groups in total. The van der Waals surface area contributed by atoms with Gasteiger partial charge in [-0.3, -0.25) is 0 Å². The van der Waals surface area contributed by atoms with Gasteiger partial charge in [-0.1, -0.05) is 11.6 Å². The predicted octanol–water partition coefficient (Wildman–Crippen LogP) is 1.48. The lowest BCUT2D eigenvalue weighted by molar-refractivity contribution is 0.679. The van der Waals surface area contributed by atoms with Crippen molar-refractivity contribution < 1.29 is 0 Å². The predicted molar refractivity (Wildman–Crippen MR) is 54.3 cm³/mol. The van der Waals surface area contributed by atoms with E-state index in [1.807, 2.05) is 24.0 Å². The highest BCUT2D eigenvalue weighted by Crippen LogP contribution is 1.93. The van der Waals surface area contributed by atoms with Crippen LogP contribution in [0.15, 0.2) is 24.0 Å². The Hall–Kier alpha value is -1.09. The number of aromatic nitrogens is 2. The van der Waals surface area contributed by atoms with E-state index in [1.54, 1.807) is 0 Å². The van der Waals surface area contributed by atoms with E-state index in [4.69, 9.17) is 0 Å². The van der Waals surface area contributed by atoms with E-state index in [0.717, 1.165) is 18.9 Å². The standard InChI is InChI=1S/C10H17N3/c1-9(2)4-5-11-8-10-12-6-7-13(10)3/h4,6-7,11H,5,8H2,1-3H3. The summed E-state index contributed by atoms with van der Waals surface area (Å²) in [6, 6.07) is 0. The fraction of sp³-hybridized carbons (Fsp3) is 0.500. The summed E-state index contributed by atoms with van der Waals surface area (Å²) in [7, 11) is 2.00. The van der Waals surface area contributed by atoms with Crippen LogP contribution in [0.1, 0.15) is 19.7 Å². The van der Waals surface area contributed by atoms with Crippen molar-refractivity contribution >= 4 is 0 Å². The van der Waals surface area contributed by atoms with Gasteiger partial charge in [-0.05, 0) is 13.8 Å². The highest BCUT2D eigenvalue weighted by atomic mass is 15.1. The molecule has 0 aliphatic heterocycles. The summed E-state index contributed by atoms with van der Waals surface area (Å²) >= 11 is 0. The normalized spacial score (nSPS) is 10.1. The third kappa shape index (κ3) is 3.42. The number of hydrogen-bond donors (Lipinski definition) is 1. The third-order valence-corrected chi connectivity index (χ3v) is 1.86. The van der Waals surface area contributed by atoms with E-state index in [0.29, 0.717) is 0 Å². The van der Waals surface area contributed by atoms with E-state index in [1.165, 1.54) is 5.57 Å². The summed E-state index contributed by atoms with van der Waals surface area (Å²) in [5, 5.41) is 3.30. The minimum absolute atomic E-state index is 0.827. The average Bonchev–Trinajstić information content (AvgIpc) is 2.45. The molecular weight excluding hydrogens is 162 g/mol. The number of aryl methyl sites for hydroxylation is 1. The first-order valence-electron chi connectivity index (χ1n) is 4.50. The lowest BCUT2D eigenvalue weighted by Crippen LogP contribution is -2.16. The summed E-state index contributed by atoms with van der Waals surface area (Å²) in [4.78, 5) is 4.21. The fourth-order valence-corrected chi connectivity index (χ4v) is 1.03. The van der Waals surface area contributed by atoms with Crippen molar-refractivity contribution in [3.05, 3.63) is 29.9 Å². The zero-order valence-electron chi connectivity index (χ0n) is 8.54. The monoisotopic (exact) mass is 179 g/mol. The summed E-state index contributed by atoms with van der Waals surface area (Å²) in [5.41, 5.74) is 1.34. The minimum atomic E-state index is 0.827. The highest BCUT2D eigenvalue weighted by Gasteiger charge is 1.95. The van der Waals surface area contributed by atoms with Gasteiger partial charge in [0.2, 0.25) is 0 Å². The Bertz CT molecular complexity index is 282. The molecule has 0 bridgehead atoms. The van der Waals surface area contributed by atoms with Crippen LogP contribution in [-0.2, 0) is 13.6 Å². The molecule has 0 spiro atoms. The van der Waals surface area contributed by atoms with Crippen molar-refractivity contribution in [2.24, 2.45) is 7.05 Å². The van der Waals surface area contributed by atoms with E-state index in [-0.39, 0.29) is 0 Å². The molecule has 3 nitrogen and oxygen atoms in total. The number of rotatable bonds is 4. The van der Waals surface area contributed by atoms with Crippen molar-refractivity contribution in [3.8, 4) is 0 Å². The van der Waals surface area contributed by atoms with Crippen LogP contribution < -0.4 is 5.32 Å². The molecule has 0 aromatic carbocycles. The first-order valence-corrected chi connectivity index (χ1v) is 4.50. The van der Waals surface area contributed by atoms with Gasteiger partial charge in [-0.2, -0.15) is 0 Å². The molecule has 0 fully saturated rings. The van der Waals surface area contributed by atoms with Gasteiger partial charge in [-0.15, -0.1) is 0 Å². The number of hydrogen-bond acceptors (Lipinski definition) is 2. The van der Waals surface area contributed by atoms with E-state index < -0.39 is 0 Å². The molecule has 1 aromatic heterocycles. The SMILES string of the molecule is CC(C)=CCNCc1nccn1C. The first-order chi connectivity index (χ1) is 6.20. The molecular formula is C10H17N3. The zero-order valence-corrected chi connectivity index (χ0v) is 8.54. The van der Waals surface area contributed by atoms with Gasteiger partial charge in [0.25, 0.3) is 0 Å². The topological polar surface area (TPSA) is 29.9 Å². The molecule has 0 atom stereocenters. The summed E-state index contributed by atoms with van der Waals surface area (Å²) in [6.45, 7) is 5.94. The van der Waals surface area contributed by atoms with Crippen LogP contribution >= 0.6 is 0 Å². The highest BCUT2D eigenvalue weighted by molar-refractivity contribution is 4.96. The first kappa shape index (κ1) is 9.99. The van der Waals surface area contributed by atoms with Crippen LogP contribution in [0.4, 0.5) is 0 Å². The van der Waals surface area contributed by atoms with Crippen LogP contribution in [0, 0.1) is 0 Å². The Morgan fingerprint density at radius 1 is 1.62 bits per heavy atom. The Balaban J connectivity index is 2.28. The van der Waals surface area contributed by atoms with E-state index in [2.05, 4.69) is 30.2 Å². The molecule has 0 saturated carbocycles. The molecule has 0 aliphatic carbocycles. The van der Waals surface area contributed by atoms with Gasteiger partial charge in [0.1, 0.15) is 5.82 Å². The van der Waals surface area contributed by atoms with Crippen LogP contribution in [0.2, 0.25) is 0 Å². The van der Waals surface area contributed by atoms with E-state index in [9.17, 15) is 0 Å². The smallest absolute Gasteiger partial charge is 0.122 e. The minimum Gasteiger partial charge on any atom is -0.337 e. The lowest BCUT2D eigenvalue weighted by Gasteiger charge is -2.01. The molecule has 3 heteroatoms. The molecule has 0 saturated heterocycles. The maximum atomic E-state index is 4.21. The largest absolute Gasteiger partial charge is 0.337 e. The van der Waals surface area contributed by atoms with Gasteiger partial charge in [0, 0.05) is 26.0 Å². The Labute approximate surface area is 79.5 Å². The molecule has 1 aromatic rings. The maximum Gasteiger partial charge on any atom is 0.122 e. The molecule has 1 heterocycles. The Morgan fingerprint density at radius 2 is 2.38 bits per heavy atom. The van der Waals surface area contributed by atoms with Gasteiger partial charge in [0.15, 0.2) is 0 Å². The van der Waals surface area contributed by atoms with Crippen LogP contribution in [0.5, 0.6) is 0 Å². The van der Waals surface area contributed by atoms with Gasteiger partial charge >= 0.3 is 0 Å². The molecule has 0 unspecified atom stereocenters. The summed E-state index contributed by atoms with van der Waals surface area (Å²) in [5.74, 6) is 1.07. The van der Waals surface area contributed by atoms with Crippen LogP contribution in [0.3, 0.4) is 0 Å². The molecule has 13 heavy (non-hydrogen) atoms. The summed E-state index contributed by atoms with van der Waals surface area (Å²) < 4.78 is 2.02. The molecule has 72 valence electrons. The third-order valence-electron chi connectivity index (χ3n) is 1.86. The van der Waals surface area contributed by atoms with Crippen LogP contribution in [-0.4, -0.2) is 16.1 Å². The van der Waals surface area contributed by atoms with Crippen LogP contribution in [0.25, 0.3) is 0 Å². The van der Waals surface area contributed by atoms with Crippen molar-refractivity contribution in [1.82, 2.24) is 14.9 Å². The average molecular weight is 179 g/mol. The Morgan fingerprint density at radius 3 is 2.92 bits per heavy atom. The lowest BCUT2D eigenvalue weighted by atomic mass is 10.3. The van der Waals surface area contributed by atoms with Gasteiger partial charge in [0.05, 0.1) is 6.54 Å². The van der Waals surface area contributed by atoms with Crippen molar-refractivity contribution in [1.29, 1.82) is 0 Å². The van der Waals surface area contributed by atoms with E-state index >= 15 is 0 Å². The quantitative estimate of drug-likeness (QED) is 0.560. The number of imidazole rings is 1. The second-order valence-corrected chi connectivity index (χ2v) is 3.37. The Kier molecular flexibility index (Phi) is 3.71. The number of allylic oxidation sites excluding steroid dienone is 1. The van der Waals surface area contributed by atoms with Crippen molar-refractivity contribution in [2.75, 3.05) is 6.54 Å². The number of nitrogens with zero attached hydrogens (tertiary/aromatic N) is 2. The second-order valence-electron chi connectivity index (χ2n) is 3.37. The molecule has 0 aliphatic rings. The fourth-order valence-electron chi connectivity index (χ4n) is 1.03. The van der Waals surface area contributed by atoms with Crippen molar-refractivity contribution in [2.45, 2.75) is 20.4 Å². The maximum absolute atomic E-state index is 4.21. The summed E-state index contributed by atoms with van der Waals surface area (Å²) in [6.07, 6.45) is 5.94. The zero-order chi connectivity index (χ0) is 9.68. The number of nitrogens with one attached hydrogen (secondary N) is 1. The second kappa shape index (κ2) is 4.82. The van der Waals surface area contributed by atoms with Crippen molar-refractivity contribution in [3.63, 3.8) is 0 Å². The molecule has 0 radical (unpaired) electrons. The van der Waals surface area contributed by atoms with Gasteiger partial charge in [-0.25, -0.2) is 4.98 Å². The molecule has 1 rings (SSSR count). The van der Waals surface area contributed by atoms with Gasteiger partial charge < -0.3 is 9.88 Å². The molecule has 0 amide bonds.